The van der Waals surface area contributed by atoms with Crippen LogP contribution in [0.25, 0.3) is 10.4 Å². The van der Waals surface area contributed by atoms with E-state index in [1.54, 1.807) is 4.91 Å². The molecule has 3 nitrogen and oxygen atoms in total. The van der Waals surface area contributed by atoms with Crippen LogP contribution in [-0.2, 0) is 17.1 Å². The Morgan fingerprint density at radius 1 is 1.75 bits per heavy atom. The fourth-order valence-corrected chi connectivity index (χ4v) is 0. The Kier molecular flexibility index (Phi) is 31.5. The summed E-state index contributed by atoms with van der Waals surface area (Å²) in [4.78, 5) is 1.75. The van der Waals surface area contributed by atoms with Crippen LogP contribution in [-0.4, -0.2) is 0 Å². The molecule has 24 valence electrons. The molecule has 0 heterocycles. The summed E-state index contributed by atoms with van der Waals surface area (Å²) in [5.41, 5.74) is 12.2. The molecule has 0 rings (SSSR count). The molecule has 0 aliphatic heterocycles. The fourth-order valence-electron chi connectivity index (χ4n) is 0. The number of rotatable bonds is 0. The molecule has 0 radical (unpaired) electrons. The monoisotopic (exact) mass is 99.0 g/mol. The van der Waals surface area contributed by atoms with Crippen molar-refractivity contribution in [2.45, 2.75) is 0 Å². The van der Waals surface area contributed by atoms with Crippen LogP contribution in [0, 0.1) is 5.53 Å². The molecule has 0 aromatic carbocycles. The summed E-state index contributed by atoms with van der Waals surface area (Å²) >= 11 is 0. The van der Waals surface area contributed by atoms with Crippen LogP contribution >= 0.6 is 0 Å². The van der Waals surface area contributed by atoms with Crippen molar-refractivity contribution < 1.29 is 17.1 Å². The van der Waals surface area contributed by atoms with Gasteiger partial charge >= 0.3 is 0 Å². The van der Waals surface area contributed by atoms with E-state index in [-0.39, 0.29) is 17.1 Å². The van der Waals surface area contributed by atoms with Crippen LogP contribution in [0.5, 0.6) is 0 Å². The zero-order valence-corrected chi connectivity index (χ0v) is 2.85. The Balaban J connectivity index is 0. The first-order chi connectivity index (χ1) is 1.41. The van der Waals surface area contributed by atoms with Gasteiger partial charge in [0.1, 0.15) is 0 Å². The van der Waals surface area contributed by atoms with Gasteiger partial charge in [-0.1, -0.05) is 0 Å². The first-order valence-electron chi connectivity index (χ1n) is 0.424. The summed E-state index contributed by atoms with van der Waals surface area (Å²) in [6.45, 7) is 0. The van der Waals surface area contributed by atoms with Crippen LogP contribution in [0.3, 0.4) is 0 Å². The third-order valence-corrected chi connectivity index (χ3v) is 0. The van der Waals surface area contributed by atoms with Gasteiger partial charge in [0.25, 0.3) is 0 Å². The zero-order valence-electron chi connectivity index (χ0n) is 1.75. The summed E-state index contributed by atoms with van der Waals surface area (Å²) < 4.78 is 0. The number of nitrogens with zero attached hydrogens (tertiary/aromatic N) is 2. The molecule has 0 aliphatic carbocycles. The second kappa shape index (κ2) is 13.8. The number of nitrogens with one attached hydrogen (secondary N) is 1. The second-order valence-corrected chi connectivity index (χ2v) is 0.100. The predicted molar refractivity (Wildman–Crippen MR) is 9.44 cm³/mol. The van der Waals surface area contributed by atoms with Crippen molar-refractivity contribution in [2.75, 3.05) is 0 Å². The Morgan fingerprint density at radius 2 is 1.75 bits per heavy atom. The van der Waals surface area contributed by atoms with E-state index in [4.69, 9.17) is 11.1 Å². The second-order valence-electron chi connectivity index (χ2n) is 0.100. The molecule has 4 heavy (non-hydrogen) atoms. The molecular weight excluding hydrogens is 97.9 g/mol. The van der Waals surface area contributed by atoms with Crippen LogP contribution in [0.1, 0.15) is 0 Å². The molecule has 0 aromatic heterocycles. The topological polar surface area (TPSA) is 60.3 Å². The van der Waals surface area contributed by atoms with E-state index in [9.17, 15) is 0 Å². The first-order valence-corrected chi connectivity index (χ1v) is 0.424. The van der Waals surface area contributed by atoms with Crippen molar-refractivity contribution in [2.24, 2.45) is 0 Å². The third-order valence-electron chi connectivity index (χ3n) is 0. The van der Waals surface area contributed by atoms with Crippen molar-refractivity contribution in [3.05, 3.63) is 10.4 Å². The molecule has 0 amide bonds. The molecule has 1 N–H and O–H groups in total. The third kappa shape index (κ3) is 43.3. The Bertz CT molecular complexity index is 24.3. The summed E-state index contributed by atoms with van der Waals surface area (Å²) in [5, 5.41) is 0. The molecule has 4 heteroatoms. The van der Waals surface area contributed by atoms with Gasteiger partial charge in [-0.3, -0.25) is 0 Å². The summed E-state index contributed by atoms with van der Waals surface area (Å²) in [7, 11) is 0. The van der Waals surface area contributed by atoms with Crippen molar-refractivity contribution in [3.8, 4) is 0 Å². The maximum absolute atomic E-state index is 6.86. The van der Waals surface area contributed by atoms with Gasteiger partial charge in [-0.25, -0.2) is 0 Å². The smallest absolute Gasteiger partial charge is 0 e. The molecule has 0 spiro atoms. The standard InChI is InChI=1S/Fe.HN3/c;1-3-2/h;1H. The van der Waals surface area contributed by atoms with Crippen LogP contribution in [0.15, 0.2) is 0 Å². The van der Waals surface area contributed by atoms with Gasteiger partial charge in [-0.05, 0) is 10.4 Å². The SMILES string of the molecule is [Fe].[N-]=[N+]=N. The Labute approximate surface area is 33.9 Å². The average Bonchev–Trinajstić information content (AvgIpc) is 0.918. The molecule has 0 bridgehead atoms. The van der Waals surface area contributed by atoms with E-state index in [1.807, 2.05) is 0 Å². The van der Waals surface area contributed by atoms with E-state index < -0.39 is 0 Å². The summed E-state index contributed by atoms with van der Waals surface area (Å²) in [6.07, 6.45) is 0. The largest absolute Gasteiger partial charge is 0.108 e. The van der Waals surface area contributed by atoms with Crippen LogP contribution in [0.4, 0.5) is 0 Å². The minimum Gasteiger partial charge on any atom is -0.108 e. The minimum absolute atomic E-state index is 0. The van der Waals surface area contributed by atoms with E-state index in [0.717, 1.165) is 0 Å². The van der Waals surface area contributed by atoms with E-state index in [1.165, 1.54) is 0 Å². The number of hydrogen-bond donors (Lipinski definition) is 1. The van der Waals surface area contributed by atoms with E-state index in [2.05, 4.69) is 0 Å². The van der Waals surface area contributed by atoms with Gasteiger partial charge in [0.05, 0.1) is 0 Å². The molecule has 0 aromatic rings. The predicted octanol–water partition coefficient (Wildman–Crippen LogP) is 0.873. The van der Waals surface area contributed by atoms with Crippen molar-refractivity contribution in [1.29, 1.82) is 5.53 Å². The van der Waals surface area contributed by atoms with Crippen molar-refractivity contribution in [1.82, 2.24) is 0 Å². The Hall–Kier alpha value is -0.171. The van der Waals surface area contributed by atoms with Gasteiger partial charge < -0.3 is 0 Å². The molecule has 0 saturated heterocycles. The molecule has 0 aliphatic rings. The molecule has 0 unspecified atom stereocenters. The summed E-state index contributed by atoms with van der Waals surface area (Å²) in [6, 6.07) is 0. The van der Waals surface area contributed by atoms with Gasteiger partial charge in [0, 0.05) is 17.1 Å². The van der Waals surface area contributed by atoms with E-state index in [0.29, 0.717) is 0 Å². The maximum Gasteiger partial charge on any atom is 0 e. The van der Waals surface area contributed by atoms with Crippen molar-refractivity contribution in [3.63, 3.8) is 0 Å². The van der Waals surface area contributed by atoms with Crippen LogP contribution < -0.4 is 0 Å². The molecule has 0 saturated carbocycles. The van der Waals surface area contributed by atoms with Crippen molar-refractivity contribution >= 4 is 0 Å². The number of hydrogen-bond acceptors (Lipinski definition) is 1. The fraction of sp³-hybridized carbons (Fsp3) is 0. The van der Waals surface area contributed by atoms with Gasteiger partial charge in [0.2, 0.25) is 0 Å². The molecular formula is HFeN3. The first kappa shape index (κ1) is 9.16. The quantitative estimate of drug-likeness (QED) is 0.203. The van der Waals surface area contributed by atoms with Gasteiger partial charge in [-0.15, -0.1) is 5.53 Å². The Morgan fingerprint density at radius 3 is 1.75 bits per heavy atom. The summed E-state index contributed by atoms with van der Waals surface area (Å²) in [5.74, 6) is 0. The molecule has 0 fully saturated rings. The van der Waals surface area contributed by atoms with Gasteiger partial charge in [0.15, 0.2) is 0 Å². The zero-order chi connectivity index (χ0) is 2.71. The average molecular weight is 98.9 g/mol. The van der Waals surface area contributed by atoms with Crippen LogP contribution in [0.2, 0.25) is 0 Å². The maximum atomic E-state index is 6.86. The normalized spacial score (nSPS) is 2.00. The van der Waals surface area contributed by atoms with Gasteiger partial charge in [-0.2, -0.15) is 0 Å². The minimum atomic E-state index is 0. The molecule has 0 atom stereocenters. The van der Waals surface area contributed by atoms with E-state index >= 15 is 0 Å².